The molecule has 0 aliphatic carbocycles. The van der Waals surface area contributed by atoms with Gasteiger partial charge in [0.05, 0.1) is 7.11 Å². The van der Waals surface area contributed by atoms with Crippen molar-refractivity contribution in [2.75, 3.05) is 27.2 Å². The number of likely N-dealkylation sites (tertiary alicyclic amines) is 1. The molecule has 0 bridgehead atoms. The summed E-state index contributed by atoms with van der Waals surface area (Å²) in [5, 5.41) is 0. The zero-order valence-electron chi connectivity index (χ0n) is 15.5. The van der Waals surface area contributed by atoms with Gasteiger partial charge in [-0.05, 0) is 39.8 Å². The van der Waals surface area contributed by atoms with Gasteiger partial charge in [-0.15, -0.1) is 0 Å². The molecule has 1 fully saturated rings. The second-order valence-electron chi connectivity index (χ2n) is 7.56. The molecule has 1 aromatic carbocycles. The summed E-state index contributed by atoms with van der Waals surface area (Å²) in [6.45, 7) is 9.30. The Balaban J connectivity index is 2.07. The van der Waals surface area contributed by atoms with Crippen LogP contribution in [0, 0.1) is 12.8 Å². The first kappa shape index (κ1) is 18.3. The van der Waals surface area contributed by atoms with Crippen molar-refractivity contribution >= 4 is 11.8 Å². The molecule has 1 aliphatic heterocycles. The van der Waals surface area contributed by atoms with E-state index in [4.69, 9.17) is 4.74 Å². The Hall–Kier alpha value is -2.04. The van der Waals surface area contributed by atoms with E-state index in [0.29, 0.717) is 30.8 Å². The second-order valence-corrected chi connectivity index (χ2v) is 7.56. The molecule has 1 aliphatic rings. The molecule has 1 heterocycles. The molecule has 0 radical (unpaired) electrons. The second kappa shape index (κ2) is 6.83. The lowest BCUT2D eigenvalue weighted by Crippen LogP contribution is -2.43. The minimum atomic E-state index is -0.169. The molecule has 1 atom stereocenters. The lowest BCUT2D eigenvalue weighted by molar-refractivity contribution is -0.131. The Morgan fingerprint density at radius 3 is 2.58 bits per heavy atom. The van der Waals surface area contributed by atoms with Crippen LogP contribution in [0.25, 0.3) is 0 Å². The molecule has 0 spiro atoms. The van der Waals surface area contributed by atoms with Crippen molar-refractivity contribution in [3.8, 4) is 5.75 Å². The molecular formula is C19H28N2O3. The van der Waals surface area contributed by atoms with Gasteiger partial charge in [-0.1, -0.05) is 6.07 Å². The predicted molar refractivity (Wildman–Crippen MR) is 94.3 cm³/mol. The summed E-state index contributed by atoms with van der Waals surface area (Å²) >= 11 is 0. The lowest BCUT2D eigenvalue weighted by Gasteiger charge is -2.32. The maximum absolute atomic E-state index is 12.8. The molecule has 0 aromatic heterocycles. The van der Waals surface area contributed by atoms with Crippen molar-refractivity contribution in [3.63, 3.8) is 0 Å². The summed E-state index contributed by atoms with van der Waals surface area (Å²) in [6, 6.07) is 5.49. The first-order valence-corrected chi connectivity index (χ1v) is 8.34. The zero-order chi connectivity index (χ0) is 18.1. The standard InChI is InChI=1S/C19H28N2O3/c1-13-15(8-7-9-16(13)24-6)18(23)20(5)11-14-10-17(22)21(12-14)19(2,3)4/h7-9,14H,10-12H2,1-6H3/t14-/m0/s1. The van der Waals surface area contributed by atoms with Crippen LogP contribution in [0.1, 0.15) is 43.1 Å². The van der Waals surface area contributed by atoms with Crippen LogP contribution in [-0.2, 0) is 4.79 Å². The molecule has 0 saturated carbocycles. The van der Waals surface area contributed by atoms with E-state index in [9.17, 15) is 9.59 Å². The van der Waals surface area contributed by atoms with Crippen LogP contribution in [-0.4, -0.2) is 54.4 Å². The smallest absolute Gasteiger partial charge is 0.254 e. The average Bonchev–Trinajstić information content (AvgIpc) is 2.87. The fourth-order valence-corrected chi connectivity index (χ4v) is 3.30. The van der Waals surface area contributed by atoms with E-state index in [1.165, 1.54) is 0 Å². The number of methoxy groups -OCH3 is 1. The SMILES string of the molecule is COc1cccc(C(=O)N(C)C[C@@H]2CC(=O)N(C(C)(C)C)C2)c1C. The van der Waals surface area contributed by atoms with Gasteiger partial charge in [0.25, 0.3) is 5.91 Å². The minimum absolute atomic E-state index is 0.0342. The zero-order valence-corrected chi connectivity index (χ0v) is 15.5. The van der Waals surface area contributed by atoms with Crippen LogP contribution in [0.15, 0.2) is 18.2 Å². The number of hydrogen-bond donors (Lipinski definition) is 0. The maximum atomic E-state index is 12.8. The van der Waals surface area contributed by atoms with Gasteiger partial charge in [0.15, 0.2) is 0 Å². The molecule has 5 heteroatoms. The quantitative estimate of drug-likeness (QED) is 0.852. The van der Waals surface area contributed by atoms with Crippen LogP contribution in [0.3, 0.4) is 0 Å². The Bertz CT molecular complexity index is 634. The molecule has 0 unspecified atom stereocenters. The highest BCUT2D eigenvalue weighted by Gasteiger charge is 2.37. The Morgan fingerprint density at radius 2 is 2.04 bits per heavy atom. The molecule has 1 saturated heterocycles. The Kier molecular flexibility index (Phi) is 5.21. The molecular weight excluding hydrogens is 304 g/mol. The van der Waals surface area contributed by atoms with Crippen molar-refractivity contribution in [1.82, 2.24) is 9.80 Å². The number of hydrogen-bond acceptors (Lipinski definition) is 3. The topological polar surface area (TPSA) is 49.9 Å². The Labute approximate surface area is 144 Å². The summed E-state index contributed by atoms with van der Waals surface area (Å²) in [5.41, 5.74) is 1.32. The fourth-order valence-electron chi connectivity index (χ4n) is 3.30. The van der Waals surface area contributed by atoms with Crippen LogP contribution in [0.2, 0.25) is 0 Å². The van der Waals surface area contributed by atoms with Crippen molar-refractivity contribution < 1.29 is 14.3 Å². The van der Waals surface area contributed by atoms with E-state index in [1.807, 2.05) is 50.8 Å². The molecule has 2 amide bonds. The van der Waals surface area contributed by atoms with E-state index in [1.54, 1.807) is 19.1 Å². The summed E-state index contributed by atoms with van der Waals surface area (Å²) < 4.78 is 5.29. The van der Waals surface area contributed by atoms with Crippen molar-refractivity contribution in [2.45, 2.75) is 39.7 Å². The number of carbonyl (C=O) groups is 2. The van der Waals surface area contributed by atoms with Crippen LogP contribution in [0.5, 0.6) is 5.75 Å². The van der Waals surface area contributed by atoms with E-state index >= 15 is 0 Å². The van der Waals surface area contributed by atoms with Gasteiger partial charge in [0.2, 0.25) is 5.91 Å². The first-order chi connectivity index (χ1) is 11.1. The fraction of sp³-hybridized carbons (Fsp3) is 0.579. The van der Waals surface area contributed by atoms with Crippen molar-refractivity contribution in [1.29, 1.82) is 0 Å². The third-order valence-corrected chi connectivity index (χ3v) is 4.63. The van der Waals surface area contributed by atoms with Crippen LogP contribution >= 0.6 is 0 Å². The van der Waals surface area contributed by atoms with Gasteiger partial charge in [0, 0.05) is 49.1 Å². The van der Waals surface area contributed by atoms with Gasteiger partial charge in [-0.3, -0.25) is 9.59 Å². The third kappa shape index (κ3) is 3.71. The van der Waals surface area contributed by atoms with Gasteiger partial charge in [0.1, 0.15) is 5.75 Å². The highest BCUT2D eigenvalue weighted by Crippen LogP contribution is 2.27. The number of benzene rings is 1. The summed E-state index contributed by atoms with van der Waals surface area (Å²) in [7, 11) is 3.40. The van der Waals surface area contributed by atoms with E-state index in [-0.39, 0.29) is 23.3 Å². The average molecular weight is 332 g/mol. The molecule has 0 N–H and O–H groups in total. The highest BCUT2D eigenvalue weighted by molar-refractivity contribution is 5.96. The molecule has 24 heavy (non-hydrogen) atoms. The minimum Gasteiger partial charge on any atom is -0.496 e. The highest BCUT2D eigenvalue weighted by atomic mass is 16.5. The van der Waals surface area contributed by atoms with Gasteiger partial charge in [-0.25, -0.2) is 0 Å². The maximum Gasteiger partial charge on any atom is 0.254 e. The number of amides is 2. The largest absolute Gasteiger partial charge is 0.496 e. The first-order valence-electron chi connectivity index (χ1n) is 8.34. The van der Waals surface area contributed by atoms with E-state index in [0.717, 1.165) is 5.56 Å². The third-order valence-electron chi connectivity index (χ3n) is 4.63. The van der Waals surface area contributed by atoms with Crippen LogP contribution in [0.4, 0.5) is 0 Å². The number of nitrogens with zero attached hydrogens (tertiary/aromatic N) is 2. The van der Waals surface area contributed by atoms with Gasteiger partial charge < -0.3 is 14.5 Å². The Morgan fingerprint density at radius 1 is 1.38 bits per heavy atom. The summed E-state index contributed by atoms with van der Waals surface area (Å²) in [6.07, 6.45) is 0.506. The number of rotatable bonds is 4. The van der Waals surface area contributed by atoms with E-state index in [2.05, 4.69) is 0 Å². The monoisotopic (exact) mass is 332 g/mol. The summed E-state index contributed by atoms with van der Waals surface area (Å²) in [5.74, 6) is 1.03. The van der Waals surface area contributed by atoms with Crippen molar-refractivity contribution in [2.24, 2.45) is 5.92 Å². The van der Waals surface area contributed by atoms with Gasteiger partial charge >= 0.3 is 0 Å². The molecule has 132 valence electrons. The summed E-state index contributed by atoms with van der Waals surface area (Å²) in [4.78, 5) is 28.6. The predicted octanol–water partition coefficient (Wildman–Crippen LogP) is 2.72. The normalized spacial score (nSPS) is 18.0. The molecule has 5 nitrogen and oxygen atoms in total. The van der Waals surface area contributed by atoms with Crippen molar-refractivity contribution in [3.05, 3.63) is 29.3 Å². The molecule has 2 rings (SSSR count). The van der Waals surface area contributed by atoms with Crippen LogP contribution < -0.4 is 4.74 Å². The van der Waals surface area contributed by atoms with Gasteiger partial charge in [-0.2, -0.15) is 0 Å². The number of carbonyl (C=O) groups excluding carboxylic acids is 2. The lowest BCUT2D eigenvalue weighted by atomic mass is 10.0. The van der Waals surface area contributed by atoms with E-state index < -0.39 is 0 Å². The number of ether oxygens (including phenoxy) is 1. The molecule has 1 aromatic rings.